The number of anilines is 1. The average molecular weight is 342 g/mol. The predicted molar refractivity (Wildman–Crippen MR) is 87.6 cm³/mol. The van der Waals surface area contributed by atoms with E-state index < -0.39 is 12.2 Å². The number of benzene rings is 1. The summed E-state index contributed by atoms with van der Waals surface area (Å²) in [5, 5.41) is 8.96. The summed E-state index contributed by atoms with van der Waals surface area (Å²) in [6, 6.07) is 8.67. The lowest BCUT2D eigenvalue weighted by atomic mass is 10.2. The van der Waals surface area contributed by atoms with Gasteiger partial charge in [-0.2, -0.15) is 5.26 Å². The van der Waals surface area contributed by atoms with Gasteiger partial charge in [0.15, 0.2) is 0 Å². The number of nitrogens with zero attached hydrogens (tertiary/aromatic N) is 2. The normalized spacial score (nSPS) is 21.3. The van der Waals surface area contributed by atoms with Crippen LogP contribution in [0.2, 0.25) is 0 Å². The van der Waals surface area contributed by atoms with Crippen LogP contribution in [0.5, 0.6) is 0 Å². The van der Waals surface area contributed by atoms with Gasteiger partial charge in [0, 0.05) is 17.7 Å². The van der Waals surface area contributed by atoms with Crippen molar-refractivity contribution in [3.8, 4) is 6.07 Å². The maximum atomic E-state index is 13.3. The molecule has 7 heteroatoms. The van der Waals surface area contributed by atoms with E-state index in [2.05, 4.69) is 0 Å². The first-order valence-electron chi connectivity index (χ1n) is 7.29. The summed E-state index contributed by atoms with van der Waals surface area (Å²) in [7, 11) is 0. The Labute approximate surface area is 141 Å². The van der Waals surface area contributed by atoms with Crippen LogP contribution < -0.4 is 5.73 Å². The van der Waals surface area contributed by atoms with Crippen molar-refractivity contribution in [2.45, 2.75) is 44.7 Å². The number of nitrogens with two attached hydrogens (primary N) is 1. The molecule has 1 heterocycles. The number of nitrogen functional groups attached to an aromatic ring is 1. The Balaban J connectivity index is 0.00000264. The van der Waals surface area contributed by atoms with E-state index >= 15 is 0 Å². The Hall–Kier alpha value is -1.84. The first-order chi connectivity index (χ1) is 10.5. The first kappa shape index (κ1) is 19.2. The summed E-state index contributed by atoms with van der Waals surface area (Å²) in [6.07, 6.45) is -1.23. The van der Waals surface area contributed by atoms with Crippen molar-refractivity contribution in [1.82, 2.24) is 4.90 Å². The maximum Gasteiger partial charge on any atom is 0.226 e. The fourth-order valence-electron chi connectivity index (χ4n) is 2.50. The van der Waals surface area contributed by atoms with Crippen LogP contribution in [0, 0.1) is 11.3 Å². The molecule has 1 saturated heterocycles. The van der Waals surface area contributed by atoms with Gasteiger partial charge in [-0.15, -0.1) is 12.4 Å². The van der Waals surface area contributed by atoms with Crippen LogP contribution in [0.25, 0.3) is 0 Å². The number of para-hydroxylation sites is 1. The largest absolute Gasteiger partial charge is 0.398 e. The molecule has 3 atom stereocenters. The molecule has 0 aromatic heterocycles. The minimum absolute atomic E-state index is 0. The van der Waals surface area contributed by atoms with Gasteiger partial charge in [-0.25, -0.2) is 4.39 Å². The van der Waals surface area contributed by atoms with E-state index in [4.69, 9.17) is 15.7 Å². The second kappa shape index (κ2) is 8.70. The van der Waals surface area contributed by atoms with E-state index in [1.165, 1.54) is 4.90 Å². The molecule has 5 nitrogen and oxygen atoms in total. The second-order valence-corrected chi connectivity index (χ2v) is 5.55. The highest BCUT2D eigenvalue weighted by molar-refractivity contribution is 5.85. The van der Waals surface area contributed by atoms with Gasteiger partial charge in [0.1, 0.15) is 12.2 Å². The topological polar surface area (TPSA) is 79.3 Å². The zero-order chi connectivity index (χ0) is 16.1. The van der Waals surface area contributed by atoms with Crippen molar-refractivity contribution >= 4 is 24.0 Å². The van der Waals surface area contributed by atoms with E-state index in [9.17, 15) is 9.18 Å². The number of likely N-dealkylation sites (tertiary alicyclic amines) is 1. The minimum Gasteiger partial charge on any atom is -0.398 e. The zero-order valence-electron chi connectivity index (χ0n) is 12.9. The third-order valence-electron chi connectivity index (χ3n) is 3.76. The third kappa shape index (κ3) is 5.08. The van der Waals surface area contributed by atoms with Gasteiger partial charge < -0.3 is 15.4 Å². The zero-order valence-corrected chi connectivity index (χ0v) is 13.8. The molecular formula is C16H21ClFN3O2. The summed E-state index contributed by atoms with van der Waals surface area (Å²) in [6.45, 7) is 2.09. The van der Waals surface area contributed by atoms with Crippen LogP contribution >= 0.6 is 12.4 Å². The molecule has 1 aliphatic rings. The summed E-state index contributed by atoms with van der Waals surface area (Å²) < 4.78 is 19.0. The Morgan fingerprint density at radius 1 is 1.57 bits per heavy atom. The summed E-state index contributed by atoms with van der Waals surface area (Å²) in [5.41, 5.74) is 7.33. The Morgan fingerprint density at radius 2 is 2.26 bits per heavy atom. The van der Waals surface area contributed by atoms with E-state index in [0.29, 0.717) is 12.3 Å². The summed E-state index contributed by atoms with van der Waals surface area (Å²) in [5.74, 6) is -0.250. The van der Waals surface area contributed by atoms with Crippen LogP contribution in [-0.4, -0.2) is 35.7 Å². The maximum absolute atomic E-state index is 13.3. The molecule has 0 unspecified atom stereocenters. The number of alkyl halides is 1. The van der Waals surface area contributed by atoms with Crippen molar-refractivity contribution in [2.75, 3.05) is 12.3 Å². The van der Waals surface area contributed by atoms with Crippen LogP contribution in [-0.2, 0) is 16.1 Å². The number of ether oxygens (including phenoxy) is 1. The van der Waals surface area contributed by atoms with Crippen molar-refractivity contribution in [3.05, 3.63) is 29.8 Å². The molecule has 0 saturated carbocycles. The van der Waals surface area contributed by atoms with Gasteiger partial charge in [0.25, 0.3) is 0 Å². The van der Waals surface area contributed by atoms with Crippen molar-refractivity contribution < 1.29 is 13.9 Å². The van der Waals surface area contributed by atoms with E-state index in [1.807, 2.05) is 24.3 Å². The van der Waals surface area contributed by atoms with E-state index in [0.717, 1.165) is 5.56 Å². The van der Waals surface area contributed by atoms with Crippen molar-refractivity contribution in [1.29, 1.82) is 5.26 Å². The average Bonchev–Trinajstić information content (AvgIpc) is 2.87. The number of hydrogen-bond donors (Lipinski definition) is 1. The fourth-order valence-corrected chi connectivity index (χ4v) is 2.50. The standard InChI is InChI=1S/C16H20FN3O2.ClH/c1-11(22-10-12-4-2-3-5-15(12)19)6-16(21)20-9-13(17)7-14(20)8-18;/h2-5,11,13-14H,6-7,9-10,19H2,1H3;1H/t11-,13-,14-;/m0./s1. The van der Waals surface area contributed by atoms with Gasteiger partial charge >= 0.3 is 0 Å². The van der Waals surface area contributed by atoms with Gasteiger partial charge in [0.2, 0.25) is 5.91 Å². The number of hydrogen-bond acceptors (Lipinski definition) is 4. The third-order valence-corrected chi connectivity index (χ3v) is 3.76. The minimum atomic E-state index is -1.12. The smallest absolute Gasteiger partial charge is 0.226 e. The van der Waals surface area contributed by atoms with Gasteiger partial charge in [-0.1, -0.05) is 18.2 Å². The van der Waals surface area contributed by atoms with E-state index in [1.54, 1.807) is 13.0 Å². The van der Waals surface area contributed by atoms with Crippen molar-refractivity contribution in [3.63, 3.8) is 0 Å². The first-order valence-corrected chi connectivity index (χ1v) is 7.29. The summed E-state index contributed by atoms with van der Waals surface area (Å²) in [4.78, 5) is 13.5. The molecule has 126 valence electrons. The molecule has 1 amide bonds. The predicted octanol–water partition coefficient (Wildman–Crippen LogP) is 2.45. The SMILES string of the molecule is C[C@@H](CC(=O)N1C[C@@H](F)C[C@H]1C#N)OCc1ccccc1N.Cl. The Kier molecular flexibility index (Phi) is 7.27. The van der Waals surface area contributed by atoms with Crippen molar-refractivity contribution in [2.24, 2.45) is 0 Å². The number of halogens is 2. The molecule has 1 fully saturated rings. The highest BCUT2D eigenvalue weighted by Gasteiger charge is 2.35. The highest BCUT2D eigenvalue weighted by atomic mass is 35.5. The van der Waals surface area contributed by atoms with Crippen LogP contribution in [0.1, 0.15) is 25.3 Å². The molecule has 0 spiro atoms. The number of carbonyl (C=O) groups excluding carboxylic acids is 1. The number of rotatable bonds is 5. The number of nitriles is 1. The van der Waals surface area contributed by atoms with Crippen LogP contribution in [0.4, 0.5) is 10.1 Å². The Bertz CT molecular complexity index is 579. The lowest BCUT2D eigenvalue weighted by molar-refractivity contribution is -0.134. The molecule has 23 heavy (non-hydrogen) atoms. The number of amides is 1. The second-order valence-electron chi connectivity index (χ2n) is 5.55. The molecule has 0 radical (unpaired) electrons. The number of carbonyl (C=O) groups is 1. The molecule has 0 bridgehead atoms. The lowest BCUT2D eigenvalue weighted by Gasteiger charge is -2.21. The molecule has 1 aromatic rings. The molecule has 0 aliphatic carbocycles. The van der Waals surface area contributed by atoms with Crippen LogP contribution in [0.3, 0.4) is 0 Å². The lowest BCUT2D eigenvalue weighted by Crippen LogP contribution is -2.36. The van der Waals surface area contributed by atoms with Gasteiger partial charge in [0.05, 0.1) is 31.7 Å². The van der Waals surface area contributed by atoms with Crippen LogP contribution in [0.15, 0.2) is 24.3 Å². The van der Waals surface area contributed by atoms with Gasteiger partial charge in [-0.05, 0) is 13.0 Å². The quantitative estimate of drug-likeness (QED) is 0.834. The van der Waals surface area contributed by atoms with Gasteiger partial charge in [-0.3, -0.25) is 4.79 Å². The monoisotopic (exact) mass is 341 g/mol. The molecular weight excluding hydrogens is 321 g/mol. The molecule has 1 aromatic carbocycles. The summed E-state index contributed by atoms with van der Waals surface area (Å²) >= 11 is 0. The fraction of sp³-hybridized carbons (Fsp3) is 0.500. The highest BCUT2D eigenvalue weighted by Crippen LogP contribution is 2.21. The molecule has 1 aliphatic heterocycles. The molecule has 2 N–H and O–H groups in total. The Morgan fingerprint density at radius 3 is 2.91 bits per heavy atom. The molecule has 2 rings (SSSR count). The van der Waals surface area contributed by atoms with E-state index in [-0.39, 0.29) is 43.8 Å².